The second kappa shape index (κ2) is 3.78. The van der Waals surface area contributed by atoms with E-state index < -0.39 is 0 Å². The standard InChI is InChI=1S/C12H15NO.ClH/c14-11(10-4-2-1-3-5-10)12-6-9(7-12)8-13-12;/h1-5,9,11,13-14H,6-8H2;1H. The molecular weight excluding hydrogens is 210 g/mol. The van der Waals surface area contributed by atoms with Crippen molar-refractivity contribution in [2.45, 2.75) is 24.5 Å². The van der Waals surface area contributed by atoms with E-state index in [0.29, 0.717) is 0 Å². The summed E-state index contributed by atoms with van der Waals surface area (Å²) in [5, 5.41) is 13.7. The Bertz CT molecular complexity index is 329. The van der Waals surface area contributed by atoms with Gasteiger partial charge in [-0.1, -0.05) is 30.3 Å². The van der Waals surface area contributed by atoms with E-state index in [9.17, 15) is 5.11 Å². The predicted octanol–water partition coefficient (Wildman–Crippen LogP) is 1.89. The Morgan fingerprint density at radius 1 is 1.27 bits per heavy atom. The maximum atomic E-state index is 10.3. The van der Waals surface area contributed by atoms with E-state index in [1.807, 2.05) is 30.3 Å². The van der Waals surface area contributed by atoms with Crippen LogP contribution >= 0.6 is 12.4 Å². The molecule has 1 atom stereocenters. The molecule has 2 aliphatic heterocycles. The van der Waals surface area contributed by atoms with E-state index in [1.165, 1.54) is 0 Å². The normalized spacial score (nSPS) is 34.1. The number of fused-ring (bicyclic) bond motifs is 1. The summed E-state index contributed by atoms with van der Waals surface area (Å²) in [5.74, 6) is 0.813. The zero-order valence-corrected chi connectivity index (χ0v) is 9.33. The quantitative estimate of drug-likeness (QED) is 0.806. The minimum absolute atomic E-state index is 0. The van der Waals surface area contributed by atoms with Crippen molar-refractivity contribution in [3.05, 3.63) is 35.9 Å². The molecule has 0 spiro atoms. The van der Waals surface area contributed by atoms with Gasteiger partial charge < -0.3 is 10.4 Å². The Hall–Kier alpha value is -0.570. The maximum absolute atomic E-state index is 10.3. The Balaban J connectivity index is 0.000000853. The van der Waals surface area contributed by atoms with Crippen molar-refractivity contribution in [1.29, 1.82) is 0 Å². The second-order valence-corrected chi connectivity index (χ2v) is 4.62. The average Bonchev–Trinajstić information content (AvgIpc) is 2.77. The number of hydrogen-bond acceptors (Lipinski definition) is 2. The third-order valence-corrected chi connectivity index (χ3v) is 3.69. The van der Waals surface area contributed by atoms with Gasteiger partial charge in [0.05, 0.1) is 6.10 Å². The van der Waals surface area contributed by atoms with E-state index in [0.717, 1.165) is 30.9 Å². The van der Waals surface area contributed by atoms with Crippen LogP contribution in [0.3, 0.4) is 0 Å². The number of aliphatic hydroxyl groups excluding tert-OH is 1. The van der Waals surface area contributed by atoms with Crippen LogP contribution in [0.2, 0.25) is 0 Å². The van der Waals surface area contributed by atoms with Crippen molar-refractivity contribution in [3.63, 3.8) is 0 Å². The van der Waals surface area contributed by atoms with Crippen LogP contribution in [0.1, 0.15) is 24.5 Å². The van der Waals surface area contributed by atoms with Gasteiger partial charge in [-0.05, 0) is 30.9 Å². The summed E-state index contributed by atoms with van der Waals surface area (Å²) in [7, 11) is 0. The number of halogens is 1. The fourth-order valence-corrected chi connectivity index (χ4v) is 2.88. The van der Waals surface area contributed by atoms with Gasteiger partial charge in [0.15, 0.2) is 0 Å². The molecule has 82 valence electrons. The van der Waals surface area contributed by atoms with Crippen molar-refractivity contribution in [1.82, 2.24) is 5.32 Å². The molecule has 4 rings (SSSR count). The lowest BCUT2D eigenvalue weighted by molar-refractivity contribution is 0.0265. The van der Waals surface area contributed by atoms with Crippen molar-refractivity contribution < 1.29 is 5.11 Å². The monoisotopic (exact) mass is 225 g/mol. The first-order valence-electron chi connectivity index (χ1n) is 5.28. The van der Waals surface area contributed by atoms with Crippen LogP contribution in [-0.2, 0) is 0 Å². The first kappa shape index (κ1) is 10.9. The minimum Gasteiger partial charge on any atom is -0.386 e. The van der Waals surface area contributed by atoms with E-state index in [2.05, 4.69) is 5.32 Å². The summed E-state index contributed by atoms with van der Waals surface area (Å²) >= 11 is 0. The summed E-state index contributed by atoms with van der Waals surface area (Å²) in [6, 6.07) is 9.97. The van der Waals surface area contributed by atoms with Crippen LogP contribution in [0.5, 0.6) is 0 Å². The van der Waals surface area contributed by atoms with Crippen LogP contribution in [0, 0.1) is 5.92 Å². The molecule has 3 fully saturated rings. The number of aliphatic hydroxyl groups is 1. The number of benzene rings is 1. The smallest absolute Gasteiger partial charge is 0.0971 e. The van der Waals surface area contributed by atoms with Crippen molar-refractivity contribution in [2.75, 3.05) is 6.54 Å². The highest BCUT2D eigenvalue weighted by Crippen LogP contribution is 2.50. The molecule has 1 unspecified atom stereocenters. The third-order valence-electron chi connectivity index (χ3n) is 3.69. The number of nitrogens with one attached hydrogen (secondary N) is 1. The maximum Gasteiger partial charge on any atom is 0.0971 e. The van der Waals surface area contributed by atoms with E-state index in [-0.39, 0.29) is 24.0 Å². The molecule has 3 aliphatic rings. The molecule has 2 N–H and O–H groups in total. The second-order valence-electron chi connectivity index (χ2n) is 4.62. The summed E-state index contributed by atoms with van der Waals surface area (Å²) in [5.41, 5.74) is 1.05. The van der Waals surface area contributed by atoms with Gasteiger partial charge in [-0.25, -0.2) is 0 Å². The number of hydrogen-bond donors (Lipinski definition) is 2. The first-order chi connectivity index (χ1) is 6.80. The van der Waals surface area contributed by atoms with Gasteiger partial charge in [0.25, 0.3) is 0 Å². The fourth-order valence-electron chi connectivity index (χ4n) is 2.88. The van der Waals surface area contributed by atoms with Crippen molar-refractivity contribution >= 4 is 12.4 Å². The lowest BCUT2D eigenvalue weighted by atomic mass is 9.69. The highest BCUT2D eigenvalue weighted by atomic mass is 35.5. The molecule has 1 aromatic rings. The summed E-state index contributed by atoms with van der Waals surface area (Å²) < 4.78 is 0. The largest absolute Gasteiger partial charge is 0.386 e. The van der Waals surface area contributed by atoms with Gasteiger partial charge in [0.2, 0.25) is 0 Å². The highest BCUT2D eigenvalue weighted by Gasteiger charge is 2.54. The number of rotatable bonds is 2. The van der Waals surface area contributed by atoms with Gasteiger partial charge in [-0.3, -0.25) is 0 Å². The third kappa shape index (κ3) is 1.57. The molecule has 2 heterocycles. The summed E-state index contributed by atoms with van der Waals surface area (Å²) in [4.78, 5) is 0. The fraction of sp³-hybridized carbons (Fsp3) is 0.500. The topological polar surface area (TPSA) is 32.3 Å². The Kier molecular flexibility index (Phi) is 2.75. The molecule has 15 heavy (non-hydrogen) atoms. The summed E-state index contributed by atoms with van der Waals surface area (Å²) in [6.45, 7) is 1.09. The van der Waals surface area contributed by atoms with Gasteiger partial charge in [-0.2, -0.15) is 0 Å². The zero-order valence-electron chi connectivity index (χ0n) is 8.52. The molecule has 1 aliphatic carbocycles. The minimum atomic E-state index is -0.331. The van der Waals surface area contributed by atoms with Crippen LogP contribution in [0.15, 0.2) is 30.3 Å². The van der Waals surface area contributed by atoms with Crippen LogP contribution < -0.4 is 5.32 Å². The van der Waals surface area contributed by atoms with Crippen LogP contribution in [0.4, 0.5) is 0 Å². The molecule has 2 saturated heterocycles. The molecule has 0 aromatic heterocycles. The lowest BCUT2D eigenvalue weighted by Gasteiger charge is -2.41. The van der Waals surface area contributed by atoms with Crippen LogP contribution in [0.25, 0.3) is 0 Å². The molecule has 1 saturated carbocycles. The SMILES string of the molecule is Cl.OC(c1ccccc1)C12CC(CN1)C2. The van der Waals surface area contributed by atoms with Crippen molar-refractivity contribution in [3.8, 4) is 0 Å². The van der Waals surface area contributed by atoms with Crippen LogP contribution in [-0.4, -0.2) is 17.2 Å². The predicted molar refractivity (Wildman–Crippen MR) is 62.1 cm³/mol. The molecule has 0 amide bonds. The molecule has 2 bridgehead atoms. The molecule has 2 nitrogen and oxygen atoms in total. The van der Waals surface area contributed by atoms with Gasteiger partial charge in [-0.15, -0.1) is 12.4 Å². The Morgan fingerprint density at radius 2 is 1.93 bits per heavy atom. The van der Waals surface area contributed by atoms with Gasteiger partial charge >= 0.3 is 0 Å². The molecule has 3 heteroatoms. The summed E-state index contributed by atoms with van der Waals surface area (Å²) in [6.07, 6.45) is 1.95. The highest BCUT2D eigenvalue weighted by molar-refractivity contribution is 5.85. The Morgan fingerprint density at radius 3 is 2.47 bits per heavy atom. The van der Waals surface area contributed by atoms with E-state index >= 15 is 0 Å². The van der Waals surface area contributed by atoms with Crippen molar-refractivity contribution in [2.24, 2.45) is 5.92 Å². The van der Waals surface area contributed by atoms with Gasteiger partial charge in [0, 0.05) is 5.54 Å². The van der Waals surface area contributed by atoms with Gasteiger partial charge in [0.1, 0.15) is 0 Å². The molecule has 1 aromatic carbocycles. The average molecular weight is 226 g/mol. The van der Waals surface area contributed by atoms with E-state index in [1.54, 1.807) is 0 Å². The Labute approximate surface area is 96.1 Å². The lowest BCUT2D eigenvalue weighted by Crippen LogP contribution is -2.48. The zero-order chi connectivity index (χ0) is 9.60. The first-order valence-corrected chi connectivity index (χ1v) is 5.28. The molecule has 0 radical (unpaired) electrons. The molecular formula is C12H16ClNO. The van der Waals surface area contributed by atoms with E-state index in [4.69, 9.17) is 0 Å².